The lowest BCUT2D eigenvalue weighted by Crippen LogP contribution is -2.48. The number of nitrogens with one attached hydrogen (secondary N) is 2. The first-order valence-electron chi connectivity index (χ1n) is 6.63. The minimum atomic E-state index is -1.28. The molecule has 1 atom stereocenters. The first-order chi connectivity index (χ1) is 9.13. The van der Waals surface area contributed by atoms with Crippen LogP contribution in [0.3, 0.4) is 0 Å². The van der Waals surface area contributed by atoms with Crippen molar-refractivity contribution in [2.45, 2.75) is 44.2 Å². The summed E-state index contributed by atoms with van der Waals surface area (Å²) in [5, 5.41) is 22.0. The topological polar surface area (TPSA) is 108 Å². The zero-order valence-corrected chi connectivity index (χ0v) is 10.9. The van der Waals surface area contributed by atoms with Crippen LogP contribution in [0.1, 0.15) is 32.1 Å². The fourth-order valence-corrected chi connectivity index (χ4v) is 2.02. The van der Waals surface area contributed by atoms with Crippen LogP contribution >= 0.6 is 0 Å². The predicted octanol–water partition coefficient (Wildman–Crippen LogP) is 0.0804. The minimum absolute atomic E-state index is 0.280. The Morgan fingerprint density at radius 3 is 2.53 bits per heavy atom. The predicted molar refractivity (Wildman–Crippen MR) is 67.9 cm³/mol. The van der Waals surface area contributed by atoms with E-state index in [0.29, 0.717) is 13.2 Å². The van der Waals surface area contributed by atoms with Crippen LogP contribution in [0.25, 0.3) is 0 Å². The van der Waals surface area contributed by atoms with E-state index in [1.807, 2.05) is 0 Å². The van der Waals surface area contributed by atoms with Crippen LogP contribution in [0, 0.1) is 0 Å². The lowest BCUT2D eigenvalue weighted by atomic mass is 9.98. The van der Waals surface area contributed by atoms with Crippen LogP contribution < -0.4 is 10.6 Å². The number of aliphatic hydroxyl groups is 1. The van der Waals surface area contributed by atoms with Crippen molar-refractivity contribution in [3.63, 3.8) is 0 Å². The molecule has 4 N–H and O–H groups in total. The van der Waals surface area contributed by atoms with E-state index in [-0.39, 0.29) is 6.10 Å². The molecule has 0 radical (unpaired) electrons. The summed E-state index contributed by atoms with van der Waals surface area (Å²) in [6.07, 6.45) is 6.06. The number of rotatable bonds is 7. The Balaban J connectivity index is 2.07. The zero-order valence-electron chi connectivity index (χ0n) is 10.9. The molecule has 0 spiro atoms. The number of hydrogen-bond acceptors (Lipinski definition) is 4. The second-order valence-electron chi connectivity index (χ2n) is 4.60. The summed E-state index contributed by atoms with van der Waals surface area (Å²) >= 11 is 0. The highest BCUT2D eigenvalue weighted by Gasteiger charge is 2.18. The molecule has 0 aromatic carbocycles. The average molecular weight is 274 g/mol. The molecular weight excluding hydrogens is 252 g/mol. The van der Waals surface area contributed by atoms with Gasteiger partial charge in [0.15, 0.2) is 6.04 Å². The smallest absolute Gasteiger partial charge is 0.328 e. The van der Waals surface area contributed by atoms with Gasteiger partial charge in [0.25, 0.3) is 0 Å². The van der Waals surface area contributed by atoms with E-state index < -0.39 is 24.6 Å². The van der Waals surface area contributed by atoms with Crippen LogP contribution in [0.4, 0.5) is 4.79 Å². The minimum Gasteiger partial charge on any atom is -0.480 e. The van der Waals surface area contributed by atoms with Gasteiger partial charge in [-0.15, -0.1) is 0 Å². The molecule has 0 saturated heterocycles. The van der Waals surface area contributed by atoms with Gasteiger partial charge in [-0.05, 0) is 12.8 Å². The van der Waals surface area contributed by atoms with Crippen LogP contribution in [0.2, 0.25) is 0 Å². The lowest BCUT2D eigenvalue weighted by Gasteiger charge is -2.22. The quantitative estimate of drug-likeness (QED) is 0.492. The molecule has 0 heterocycles. The summed E-state index contributed by atoms with van der Waals surface area (Å²) in [5.74, 6) is -1.27. The van der Waals surface area contributed by atoms with Gasteiger partial charge in [-0.3, -0.25) is 0 Å². The maximum Gasteiger partial charge on any atom is 0.328 e. The largest absolute Gasteiger partial charge is 0.480 e. The van der Waals surface area contributed by atoms with E-state index in [0.717, 1.165) is 12.8 Å². The molecule has 0 aromatic rings. The molecule has 1 aliphatic carbocycles. The normalized spacial score (nSPS) is 17.7. The maximum atomic E-state index is 11.3. The maximum absolute atomic E-state index is 11.3. The summed E-state index contributed by atoms with van der Waals surface area (Å²) in [6, 6.07) is -1.90. The van der Waals surface area contributed by atoms with Gasteiger partial charge in [-0.1, -0.05) is 19.3 Å². The number of carboxylic acid groups (broad SMARTS) is 1. The molecule has 19 heavy (non-hydrogen) atoms. The highest BCUT2D eigenvalue weighted by molar-refractivity contribution is 5.82. The number of aliphatic hydroxyl groups excluding tert-OH is 1. The second kappa shape index (κ2) is 8.71. The van der Waals surface area contributed by atoms with Crippen LogP contribution in [-0.2, 0) is 9.53 Å². The van der Waals surface area contributed by atoms with Gasteiger partial charge in [-0.2, -0.15) is 0 Å². The fourth-order valence-electron chi connectivity index (χ4n) is 2.02. The van der Waals surface area contributed by atoms with E-state index in [4.69, 9.17) is 14.9 Å². The molecular formula is C12H22N2O5. The van der Waals surface area contributed by atoms with Crippen LogP contribution in [-0.4, -0.2) is 54.1 Å². The molecule has 0 aromatic heterocycles. The molecule has 110 valence electrons. The van der Waals surface area contributed by atoms with E-state index in [1.165, 1.54) is 19.3 Å². The number of carbonyl (C=O) groups is 2. The summed E-state index contributed by atoms with van der Waals surface area (Å²) in [6.45, 7) is 0.0936. The number of hydrogen-bond donors (Lipinski definition) is 4. The van der Waals surface area contributed by atoms with Crippen molar-refractivity contribution < 1.29 is 24.5 Å². The van der Waals surface area contributed by atoms with Crippen molar-refractivity contribution in [2.75, 3.05) is 19.8 Å². The van der Waals surface area contributed by atoms with Gasteiger partial charge in [0, 0.05) is 6.54 Å². The summed E-state index contributed by atoms with van der Waals surface area (Å²) in [5.41, 5.74) is 0. The number of amides is 2. The van der Waals surface area contributed by atoms with Gasteiger partial charge < -0.3 is 25.6 Å². The van der Waals surface area contributed by atoms with Crippen molar-refractivity contribution in [2.24, 2.45) is 0 Å². The summed E-state index contributed by atoms with van der Waals surface area (Å²) in [4.78, 5) is 21.9. The Kier molecular flexibility index (Phi) is 7.20. The molecule has 0 bridgehead atoms. The third-order valence-electron chi connectivity index (χ3n) is 3.08. The standard InChI is InChI=1S/C12H22N2O5/c15-8-10(11(16)17)14-12(18)13-6-7-19-9-4-2-1-3-5-9/h9-10,15H,1-8H2,(H,16,17)(H2,13,14,18)/t10-/m0/s1. The Labute approximate surface area is 112 Å². The van der Waals surface area contributed by atoms with Crippen molar-refractivity contribution in [1.82, 2.24) is 10.6 Å². The average Bonchev–Trinajstić information content (AvgIpc) is 2.42. The zero-order chi connectivity index (χ0) is 14.1. The Morgan fingerprint density at radius 2 is 1.95 bits per heavy atom. The van der Waals surface area contributed by atoms with Crippen molar-refractivity contribution >= 4 is 12.0 Å². The fraction of sp³-hybridized carbons (Fsp3) is 0.833. The molecule has 7 nitrogen and oxygen atoms in total. The van der Waals surface area contributed by atoms with Gasteiger partial charge >= 0.3 is 12.0 Å². The van der Waals surface area contributed by atoms with Gasteiger partial charge in [0.05, 0.1) is 19.3 Å². The monoisotopic (exact) mass is 274 g/mol. The van der Waals surface area contributed by atoms with Crippen molar-refractivity contribution in [1.29, 1.82) is 0 Å². The Bertz CT molecular complexity index is 292. The van der Waals surface area contributed by atoms with E-state index in [1.54, 1.807) is 0 Å². The molecule has 1 saturated carbocycles. The molecule has 7 heteroatoms. The van der Waals surface area contributed by atoms with Crippen LogP contribution in [0.5, 0.6) is 0 Å². The highest BCUT2D eigenvalue weighted by atomic mass is 16.5. The van der Waals surface area contributed by atoms with Gasteiger partial charge in [-0.25, -0.2) is 9.59 Å². The Hall–Kier alpha value is -1.34. The lowest BCUT2D eigenvalue weighted by molar-refractivity contribution is -0.140. The van der Waals surface area contributed by atoms with Gasteiger partial charge in [0.1, 0.15) is 0 Å². The third kappa shape index (κ3) is 6.40. The van der Waals surface area contributed by atoms with E-state index >= 15 is 0 Å². The Morgan fingerprint density at radius 1 is 1.26 bits per heavy atom. The van der Waals surface area contributed by atoms with Crippen molar-refractivity contribution in [3.8, 4) is 0 Å². The van der Waals surface area contributed by atoms with E-state index in [9.17, 15) is 9.59 Å². The molecule has 1 fully saturated rings. The summed E-state index contributed by atoms with van der Waals surface area (Å²) < 4.78 is 5.60. The molecule has 1 aliphatic rings. The third-order valence-corrected chi connectivity index (χ3v) is 3.08. The second-order valence-corrected chi connectivity index (χ2v) is 4.60. The first kappa shape index (κ1) is 15.7. The number of carbonyl (C=O) groups excluding carboxylic acids is 1. The van der Waals surface area contributed by atoms with Crippen LogP contribution in [0.15, 0.2) is 0 Å². The molecule has 0 unspecified atom stereocenters. The molecule has 1 rings (SSSR count). The number of aliphatic carboxylic acids is 1. The molecule has 0 aliphatic heterocycles. The SMILES string of the molecule is O=C(NCCOC1CCCCC1)N[C@@H](CO)C(=O)O. The van der Waals surface area contributed by atoms with Crippen molar-refractivity contribution in [3.05, 3.63) is 0 Å². The number of urea groups is 1. The molecule has 2 amide bonds. The first-order valence-corrected chi connectivity index (χ1v) is 6.63. The number of carboxylic acids is 1. The number of ether oxygens (including phenoxy) is 1. The van der Waals surface area contributed by atoms with Gasteiger partial charge in [0.2, 0.25) is 0 Å². The highest BCUT2D eigenvalue weighted by Crippen LogP contribution is 2.19. The van der Waals surface area contributed by atoms with E-state index in [2.05, 4.69) is 10.6 Å². The summed E-state index contributed by atoms with van der Waals surface area (Å²) in [7, 11) is 0.